The zero-order chi connectivity index (χ0) is 15.4. The lowest BCUT2D eigenvalue weighted by molar-refractivity contribution is 0.0894. The van der Waals surface area contributed by atoms with E-state index in [9.17, 15) is 13.6 Å². The van der Waals surface area contributed by atoms with Crippen LogP contribution in [0.5, 0.6) is 0 Å². The highest BCUT2D eigenvalue weighted by Gasteiger charge is 2.19. The predicted molar refractivity (Wildman–Crippen MR) is 80.6 cm³/mol. The molecule has 0 aliphatic rings. The monoisotopic (exact) mass is 309 g/mol. The molecule has 0 spiro atoms. The lowest BCUT2D eigenvalue weighted by Gasteiger charge is -2.25. The summed E-state index contributed by atoms with van der Waals surface area (Å²) in [6, 6.07) is 7.04. The van der Waals surface area contributed by atoms with Gasteiger partial charge in [0.1, 0.15) is 11.6 Å². The Morgan fingerprint density at radius 2 is 2.05 bits per heavy atom. The van der Waals surface area contributed by atoms with Crippen molar-refractivity contribution in [2.45, 2.75) is 26.4 Å². The maximum Gasteiger partial charge on any atom is 0.179 e. The van der Waals surface area contributed by atoms with E-state index in [1.165, 1.54) is 0 Å². The summed E-state index contributed by atoms with van der Waals surface area (Å²) < 4.78 is 26.8. The molecule has 0 saturated carbocycles. The topological polar surface area (TPSA) is 20.3 Å². The first-order valence-corrected chi connectivity index (χ1v) is 7.60. The molecule has 1 aromatic heterocycles. The third-order valence-corrected chi connectivity index (χ3v) is 4.11. The summed E-state index contributed by atoms with van der Waals surface area (Å²) >= 11 is 1.61. The van der Waals surface area contributed by atoms with Gasteiger partial charge in [0.05, 0.1) is 12.1 Å². The van der Waals surface area contributed by atoms with Gasteiger partial charge in [0.2, 0.25) is 0 Å². The number of ketones is 1. The van der Waals surface area contributed by atoms with E-state index < -0.39 is 17.4 Å². The first-order valence-electron chi connectivity index (χ1n) is 6.72. The molecule has 0 atom stereocenters. The van der Waals surface area contributed by atoms with Crippen LogP contribution in [0.2, 0.25) is 0 Å². The largest absolute Gasteiger partial charge is 0.293 e. The molecule has 112 valence electrons. The fourth-order valence-electron chi connectivity index (χ4n) is 2.00. The number of nitrogens with zero attached hydrogens (tertiary/aromatic N) is 1. The van der Waals surface area contributed by atoms with Crippen LogP contribution in [0.3, 0.4) is 0 Å². The molecule has 1 heterocycles. The second-order valence-electron chi connectivity index (χ2n) is 5.13. The normalized spacial score (nSPS) is 11.3. The Morgan fingerprint density at radius 3 is 2.67 bits per heavy atom. The van der Waals surface area contributed by atoms with Crippen LogP contribution in [-0.2, 0) is 6.54 Å². The zero-order valence-electron chi connectivity index (χ0n) is 12.0. The van der Waals surface area contributed by atoms with E-state index >= 15 is 0 Å². The van der Waals surface area contributed by atoms with Gasteiger partial charge in [0.15, 0.2) is 5.78 Å². The Hall–Kier alpha value is -1.59. The van der Waals surface area contributed by atoms with Crippen LogP contribution in [0.4, 0.5) is 8.78 Å². The standard InChI is InChI=1S/C16H17F2NOS/c1-11(2)19(9-13-4-3-7-21-13)10-16(20)14-8-12(17)5-6-15(14)18/h3-8,11H,9-10H2,1-2H3. The number of thiophene rings is 1. The SMILES string of the molecule is CC(C)N(CC(=O)c1cc(F)ccc1F)Cc1cccs1. The van der Waals surface area contributed by atoms with Gasteiger partial charge in [-0.3, -0.25) is 9.69 Å². The van der Waals surface area contributed by atoms with E-state index in [1.54, 1.807) is 11.3 Å². The van der Waals surface area contributed by atoms with Gasteiger partial charge in [0.25, 0.3) is 0 Å². The number of rotatable bonds is 6. The number of Topliss-reactive ketones (excluding diaryl/α,β-unsaturated/α-hetero) is 1. The molecule has 21 heavy (non-hydrogen) atoms. The summed E-state index contributed by atoms with van der Waals surface area (Å²) in [6.07, 6.45) is 0. The Bertz CT molecular complexity index is 611. The third-order valence-electron chi connectivity index (χ3n) is 3.24. The quantitative estimate of drug-likeness (QED) is 0.748. The van der Waals surface area contributed by atoms with Gasteiger partial charge < -0.3 is 0 Å². The summed E-state index contributed by atoms with van der Waals surface area (Å²) in [6.45, 7) is 4.64. The van der Waals surface area contributed by atoms with Crippen LogP contribution in [0.25, 0.3) is 0 Å². The molecule has 0 unspecified atom stereocenters. The van der Waals surface area contributed by atoms with Gasteiger partial charge in [-0.25, -0.2) is 8.78 Å². The number of carbonyl (C=O) groups excluding carboxylic acids is 1. The van der Waals surface area contributed by atoms with Crippen LogP contribution in [-0.4, -0.2) is 23.3 Å². The average molecular weight is 309 g/mol. The summed E-state index contributed by atoms with van der Waals surface area (Å²) in [7, 11) is 0. The average Bonchev–Trinajstić information content (AvgIpc) is 2.93. The van der Waals surface area contributed by atoms with Crippen molar-refractivity contribution in [1.29, 1.82) is 0 Å². The van der Waals surface area contributed by atoms with Crippen molar-refractivity contribution in [3.05, 3.63) is 57.8 Å². The number of halogens is 2. The minimum Gasteiger partial charge on any atom is -0.293 e. The minimum atomic E-state index is -0.679. The van der Waals surface area contributed by atoms with Gasteiger partial charge in [-0.2, -0.15) is 0 Å². The molecule has 2 rings (SSSR count). The fourth-order valence-corrected chi connectivity index (χ4v) is 2.73. The van der Waals surface area contributed by atoms with E-state index in [2.05, 4.69) is 0 Å². The van der Waals surface area contributed by atoms with E-state index in [1.807, 2.05) is 36.3 Å². The van der Waals surface area contributed by atoms with Crippen LogP contribution >= 0.6 is 11.3 Å². The number of benzene rings is 1. The van der Waals surface area contributed by atoms with Crippen LogP contribution in [0.15, 0.2) is 35.7 Å². The van der Waals surface area contributed by atoms with E-state index in [-0.39, 0.29) is 18.2 Å². The Morgan fingerprint density at radius 1 is 1.29 bits per heavy atom. The molecule has 0 fully saturated rings. The van der Waals surface area contributed by atoms with Crippen molar-refractivity contribution < 1.29 is 13.6 Å². The lowest BCUT2D eigenvalue weighted by atomic mass is 10.1. The highest BCUT2D eigenvalue weighted by atomic mass is 32.1. The van der Waals surface area contributed by atoms with Crippen LogP contribution < -0.4 is 0 Å². The molecule has 0 aliphatic heterocycles. The summed E-state index contributed by atoms with van der Waals surface area (Å²) in [5.41, 5.74) is -0.188. The molecule has 0 N–H and O–H groups in total. The molecule has 2 aromatic rings. The van der Waals surface area contributed by atoms with E-state index in [4.69, 9.17) is 0 Å². The lowest BCUT2D eigenvalue weighted by Crippen LogP contribution is -2.35. The van der Waals surface area contributed by atoms with Gasteiger partial charge in [-0.1, -0.05) is 6.07 Å². The molecular weight excluding hydrogens is 292 g/mol. The third kappa shape index (κ3) is 4.19. The van der Waals surface area contributed by atoms with Crippen molar-refractivity contribution in [3.63, 3.8) is 0 Å². The highest BCUT2D eigenvalue weighted by molar-refractivity contribution is 7.09. The second kappa shape index (κ2) is 6.91. The van der Waals surface area contributed by atoms with Gasteiger partial charge in [0, 0.05) is 17.5 Å². The molecule has 0 aliphatic carbocycles. The summed E-state index contributed by atoms with van der Waals surface area (Å²) in [5, 5.41) is 1.97. The molecule has 0 saturated heterocycles. The van der Waals surface area contributed by atoms with Crippen LogP contribution in [0.1, 0.15) is 29.1 Å². The summed E-state index contributed by atoms with van der Waals surface area (Å²) in [4.78, 5) is 15.3. The smallest absolute Gasteiger partial charge is 0.179 e. The Labute approximate surface area is 127 Å². The molecular formula is C16H17F2NOS. The first kappa shape index (κ1) is 15.8. The van der Waals surface area contributed by atoms with E-state index in [0.29, 0.717) is 6.54 Å². The van der Waals surface area contributed by atoms with Crippen molar-refractivity contribution in [2.75, 3.05) is 6.54 Å². The van der Waals surface area contributed by atoms with Gasteiger partial charge >= 0.3 is 0 Å². The molecule has 0 radical (unpaired) electrons. The molecule has 2 nitrogen and oxygen atoms in total. The minimum absolute atomic E-state index is 0.0654. The maximum atomic E-state index is 13.6. The first-order chi connectivity index (χ1) is 9.97. The number of hydrogen-bond donors (Lipinski definition) is 0. The van der Waals surface area contributed by atoms with Crippen molar-refractivity contribution in [1.82, 2.24) is 4.90 Å². The molecule has 0 amide bonds. The van der Waals surface area contributed by atoms with E-state index in [0.717, 1.165) is 23.1 Å². The maximum absolute atomic E-state index is 13.6. The van der Waals surface area contributed by atoms with Gasteiger partial charge in [-0.05, 0) is 43.5 Å². The molecule has 5 heteroatoms. The molecule has 1 aromatic carbocycles. The van der Waals surface area contributed by atoms with Gasteiger partial charge in [-0.15, -0.1) is 11.3 Å². The Balaban J connectivity index is 2.12. The zero-order valence-corrected chi connectivity index (χ0v) is 12.8. The summed E-state index contributed by atoms with van der Waals surface area (Å²) in [5.74, 6) is -1.69. The van der Waals surface area contributed by atoms with Crippen molar-refractivity contribution in [2.24, 2.45) is 0 Å². The number of carbonyl (C=O) groups is 1. The van der Waals surface area contributed by atoms with Crippen molar-refractivity contribution >= 4 is 17.1 Å². The predicted octanol–water partition coefficient (Wildman–Crippen LogP) is 4.12. The molecule has 0 bridgehead atoms. The van der Waals surface area contributed by atoms with Crippen LogP contribution in [0, 0.1) is 11.6 Å². The highest BCUT2D eigenvalue weighted by Crippen LogP contribution is 2.16. The fraction of sp³-hybridized carbons (Fsp3) is 0.312. The Kier molecular flexibility index (Phi) is 5.20. The van der Waals surface area contributed by atoms with Crippen molar-refractivity contribution in [3.8, 4) is 0 Å². The second-order valence-corrected chi connectivity index (χ2v) is 6.16. The number of hydrogen-bond acceptors (Lipinski definition) is 3.